The lowest BCUT2D eigenvalue weighted by molar-refractivity contribution is -0.385. The van der Waals surface area contributed by atoms with Gasteiger partial charge in [0.2, 0.25) is 5.75 Å². The third kappa shape index (κ3) is 2.75. The monoisotopic (exact) mass is 324 g/mol. The number of hydrogen-bond acceptors (Lipinski definition) is 7. The van der Waals surface area contributed by atoms with E-state index in [4.69, 9.17) is 9.47 Å². The molecule has 0 radical (unpaired) electrons. The predicted octanol–water partition coefficient (Wildman–Crippen LogP) is 2.28. The fourth-order valence-corrected chi connectivity index (χ4v) is 2.67. The van der Waals surface area contributed by atoms with Crippen LogP contribution in [-0.4, -0.2) is 42.2 Å². The molecule has 22 heavy (non-hydrogen) atoms. The number of rotatable bonds is 4. The van der Waals surface area contributed by atoms with Crippen LogP contribution >= 0.6 is 11.8 Å². The van der Waals surface area contributed by atoms with Crippen LogP contribution in [-0.2, 0) is 4.79 Å². The van der Waals surface area contributed by atoms with E-state index in [1.807, 2.05) is 0 Å². The molecule has 1 aliphatic heterocycles. The molecular formula is C13H12N2O6S. The van der Waals surface area contributed by atoms with Crippen molar-refractivity contribution in [2.75, 3.05) is 21.3 Å². The summed E-state index contributed by atoms with van der Waals surface area (Å²) in [5, 5.41) is 10.7. The summed E-state index contributed by atoms with van der Waals surface area (Å²) in [5.41, 5.74) is 0.0548. The van der Waals surface area contributed by atoms with Gasteiger partial charge in [-0.2, -0.15) is 0 Å². The van der Waals surface area contributed by atoms with E-state index in [9.17, 15) is 19.7 Å². The molecule has 0 saturated carbocycles. The van der Waals surface area contributed by atoms with Crippen LogP contribution in [0.15, 0.2) is 17.0 Å². The van der Waals surface area contributed by atoms with Crippen molar-refractivity contribution >= 4 is 34.7 Å². The van der Waals surface area contributed by atoms with E-state index in [1.54, 1.807) is 0 Å². The maximum atomic E-state index is 11.9. The molecule has 1 saturated heterocycles. The Morgan fingerprint density at radius 3 is 2.32 bits per heavy atom. The Bertz CT molecular complexity index is 700. The molecule has 8 nitrogen and oxygen atoms in total. The Kier molecular flexibility index (Phi) is 4.36. The zero-order valence-electron chi connectivity index (χ0n) is 12.0. The Balaban J connectivity index is 2.55. The van der Waals surface area contributed by atoms with Crippen LogP contribution < -0.4 is 9.47 Å². The minimum Gasteiger partial charge on any atom is -0.496 e. The SMILES string of the molecule is COc1cc(OC)c([N+](=O)[O-])cc1/C=C1\SC(=O)N(C)C1=O. The number of nitro groups is 1. The second-order valence-electron chi connectivity index (χ2n) is 4.26. The van der Waals surface area contributed by atoms with E-state index in [-0.39, 0.29) is 16.3 Å². The molecule has 1 aromatic rings. The number of thioether (sulfide) groups is 1. The van der Waals surface area contributed by atoms with Gasteiger partial charge < -0.3 is 9.47 Å². The van der Waals surface area contributed by atoms with Crippen molar-refractivity contribution in [3.8, 4) is 11.5 Å². The van der Waals surface area contributed by atoms with Crippen molar-refractivity contribution in [2.45, 2.75) is 0 Å². The molecule has 2 amide bonds. The first-order valence-electron chi connectivity index (χ1n) is 6.01. The van der Waals surface area contributed by atoms with Gasteiger partial charge in [0, 0.05) is 24.7 Å². The van der Waals surface area contributed by atoms with Gasteiger partial charge in [0.15, 0.2) is 0 Å². The highest BCUT2D eigenvalue weighted by Crippen LogP contribution is 2.38. The molecule has 0 atom stereocenters. The predicted molar refractivity (Wildman–Crippen MR) is 79.9 cm³/mol. The van der Waals surface area contributed by atoms with Crippen molar-refractivity contribution in [1.82, 2.24) is 4.90 Å². The van der Waals surface area contributed by atoms with E-state index in [1.165, 1.54) is 39.5 Å². The highest BCUT2D eigenvalue weighted by Gasteiger charge is 2.32. The number of ether oxygens (including phenoxy) is 2. The zero-order chi connectivity index (χ0) is 16.4. The minimum absolute atomic E-state index is 0.0441. The van der Waals surface area contributed by atoms with Crippen LogP contribution in [0.1, 0.15) is 5.56 Å². The van der Waals surface area contributed by atoms with Crippen molar-refractivity contribution in [2.24, 2.45) is 0 Å². The topological polar surface area (TPSA) is 99.0 Å². The largest absolute Gasteiger partial charge is 0.496 e. The maximum Gasteiger partial charge on any atom is 0.311 e. The van der Waals surface area contributed by atoms with Crippen molar-refractivity contribution in [1.29, 1.82) is 0 Å². The van der Waals surface area contributed by atoms with E-state index < -0.39 is 16.1 Å². The van der Waals surface area contributed by atoms with Crippen LogP contribution in [0.5, 0.6) is 11.5 Å². The Morgan fingerprint density at radius 1 is 1.23 bits per heavy atom. The van der Waals surface area contributed by atoms with Gasteiger partial charge in [0.05, 0.1) is 24.0 Å². The molecule has 9 heteroatoms. The van der Waals surface area contributed by atoms with Gasteiger partial charge in [0.25, 0.3) is 11.1 Å². The second kappa shape index (κ2) is 6.06. The van der Waals surface area contributed by atoms with Crippen LogP contribution in [0.3, 0.4) is 0 Å². The van der Waals surface area contributed by atoms with Crippen LogP contribution in [0.2, 0.25) is 0 Å². The van der Waals surface area contributed by atoms with Gasteiger partial charge in [0.1, 0.15) is 5.75 Å². The van der Waals surface area contributed by atoms with Gasteiger partial charge in [-0.25, -0.2) is 0 Å². The average molecular weight is 324 g/mol. The van der Waals surface area contributed by atoms with Gasteiger partial charge >= 0.3 is 5.69 Å². The second-order valence-corrected chi connectivity index (χ2v) is 5.26. The number of likely N-dealkylation sites (N-methyl/N-ethyl adjacent to an activating group) is 1. The number of methoxy groups -OCH3 is 2. The molecule has 0 bridgehead atoms. The van der Waals surface area contributed by atoms with Crippen LogP contribution in [0, 0.1) is 10.1 Å². The number of nitrogens with zero attached hydrogens (tertiary/aromatic N) is 2. The Labute approximate surface area is 129 Å². The highest BCUT2D eigenvalue weighted by molar-refractivity contribution is 8.18. The summed E-state index contributed by atoms with van der Waals surface area (Å²) < 4.78 is 10.1. The Hall–Kier alpha value is -2.55. The molecule has 1 aromatic carbocycles. The van der Waals surface area contributed by atoms with E-state index >= 15 is 0 Å². The summed E-state index contributed by atoms with van der Waals surface area (Å²) in [4.78, 5) is 35.0. The van der Waals surface area contributed by atoms with E-state index in [0.29, 0.717) is 11.3 Å². The molecule has 2 rings (SSSR count). The number of amides is 2. The smallest absolute Gasteiger partial charge is 0.311 e. The summed E-state index contributed by atoms with van der Waals surface area (Å²) in [6, 6.07) is 2.60. The number of hydrogen-bond donors (Lipinski definition) is 0. The lowest BCUT2D eigenvalue weighted by atomic mass is 10.1. The third-order valence-electron chi connectivity index (χ3n) is 3.00. The van der Waals surface area contributed by atoms with Gasteiger partial charge in [-0.1, -0.05) is 0 Å². The number of carbonyl (C=O) groups excluding carboxylic acids is 2. The molecule has 116 valence electrons. The van der Waals surface area contributed by atoms with E-state index in [2.05, 4.69) is 0 Å². The highest BCUT2D eigenvalue weighted by atomic mass is 32.2. The Morgan fingerprint density at radius 2 is 1.86 bits per heavy atom. The van der Waals surface area contributed by atoms with E-state index in [0.717, 1.165) is 16.7 Å². The third-order valence-corrected chi connectivity index (χ3v) is 3.96. The lowest BCUT2D eigenvalue weighted by Gasteiger charge is -2.09. The quantitative estimate of drug-likeness (QED) is 0.476. The summed E-state index contributed by atoms with van der Waals surface area (Å²) in [7, 11) is 4.07. The maximum absolute atomic E-state index is 11.9. The number of carbonyl (C=O) groups is 2. The normalized spacial score (nSPS) is 16.3. The molecule has 0 aliphatic carbocycles. The average Bonchev–Trinajstić information content (AvgIpc) is 2.74. The first-order chi connectivity index (χ1) is 10.4. The van der Waals surface area contributed by atoms with Crippen LogP contribution in [0.4, 0.5) is 10.5 Å². The summed E-state index contributed by atoms with van der Waals surface area (Å²) >= 11 is 0.762. The molecule has 0 aromatic heterocycles. The molecule has 1 fully saturated rings. The molecule has 0 unspecified atom stereocenters. The van der Waals surface area contributed by atoms with Crippen LogP contribution in [0.25, 0.3) is 6.08 Å². The fraction of sp³-hybridized carbons (Fsp3) is 0.231. The lowest BCUT2D eigenvalue weighted by Crippen LogP contribution is -2.22. The number of imide groups is 1. The zero-order valence-corrected chi connectivity index (χ0v) is 12.8. The molecule has 1 aliphatic rings. The molecule has 1 heterocycles. The molecular weight excluding hydrogens is 312 g/mol. The van der Waals surface area contributed by atoms with Crippen molar-refractivity contribution in [3.63, 3.8) is 0 Å². The number of benzene rings is 1. The van der Waals surface area contributed by atoms with Crippen molar-refractivity contribution < 1.29 is 24.0 Å². The summed E-state index contributed by atoms with van der Waals surface area (Å²) in [5.74, 6) is -0.122. The molecule has 0 N–H and O–H groups in total. The van der Waals surface area contributed by atoms with Gasteiger partial charge in [-0.3, -0.25) is 24.6 Å². The first-order valence-corrected chi connectivity index (χ1v) is 6.82. The van der Waals surface area contributed by atoms with Gasteiger partial charge in [-0.05, 0) is 17.8 Å². The molecule has 0 spiro atoms. The van der Waals surface area contributed by atoms with Gasteiger partial charge in [-0.15, -0.1) is 0 Å². The number of nitro benzene ring substituents is 1. The standard InChI is InChI=1S/C13H12N2O6S/c1-14-12(16)11(22-13(14)17)5-7-4-8(15(18)19)10(21-3)6-9(7)20-2/h4-6H,1-3H3/b11-5-. The van der Waals surface area contributed by atoms with Crippen molar-refractivity contribution in [3.05, 3.63) is 32.7 Å². The fourth-order valence-electron chi connectivity index (χ4n) is 1.85. The summed E-state index contributed by atoms with van der Waals surface area (Å²) in [6.07, 6.45) is 1.39. The first kappa shape index (κ1) is 15.8. The minimum atomic E-state index is -0.596. The summed E-state index contributed by atoms with van der Waals surface area (Å²) in [6.45, 7) is 0.